The van der Waals surface area contributed by atoms with Gasteiger partial charge in [-0.15, -0.1) is 0 Å². The van der Waals surface area contributed by atoms with Crippen LogP contribution in [-0.2, 0) is 4.79 Å². The number of rotatable bonds is 6. The van der Waals surface area contributed by atoms with Gasteiger partial charge in [-0.1, -0.05) is 31.4 Å². The fourth-order valence-corrected chi connectivity index (χ4v) is 2.75. The van der Waals surface area contributed by atoms with Gasteiger partial charge < -0.3 is 21.1 Å². The molecular weight excluding hydrogens is 292 g/mol. The SMILES string of the molecule is COc1ccccc1NC(N)=NCCC(=O)NC1CCCCC1. The molecule has 6 nitrogen and oxygen atoms in total. The zero-order valence-electron chi connectivity index (χ0n) is 13.7. The number of benzene rings is 1. The van der Waals surface area contributed by atoms with Crippen molar-refractivity contribution in [2.75, 3.05) is 19.0 Å². The number of aliphatic imine (C=N–C) groups is 1. The molecule has 0 saturated heterocycles. The van der Waals surface area contributed by atoms with E-state index in [0.29, 0.717) is 24.8 Å². The maximum Gasteiger partial charge on any atom is 0.222 e. The number of nitrogens with zero attached hydrogens (tertiary/aromatic N) is 1. The third-order valence-electron chi connectivity index (χ3n) is 3.96. The lowest BCUT2D eigenvalue weighted by Crippen LogP contribution is -2.36. The van der Waals surface area contributed by atoms with Crippen molar-refractivity contribution in [2.45, 2.75) is 44.6 Å². The number of carbonyl (C=O) groups excluding carboxylic acids is 1. The molecule has 0 heterocycles. The summed E-state index contributed by atoms with van der Waals surface area (Å²) >= 11 is 0. The number of amides is 1. The van der Waals surface area contributed by atoms with Crippen molar-refractivity contribution in [3.63, 3.8) is 0 Å². The minimum atomic E-state index is 0.0470. The van der Waals surface area contributed by atoms with Crippen molar-refractivity contribution in [3.05, 3.63) is 24.3 Å². The molecule has 1 fully saturated rings. The van der Waals surface area contributed by atoms with Crippen molar-refractivity contribution < 1.29 is 9.53 Å². The average molecular weight is 318 g/mol. The fourth-order valence-electron chi connectivity index (χ4n) is 2.75. The van der Waals surface area contributed by atoms with Crippen LogP contribution in [0.3, 0.4) is 0 Å². The third kappa shape index (κ3) is 5.81. The van der Waals surface area contributed by atoms with Crippen LogP contribution in [0, 0.1) is 0 Å². The van der Waals surface area contributed by atoms with Gasteiger partial charge in [-0.3, -0.25) is 9.79 Å². The zero-order valence-corrected chi connectivity index (χ0v) is 13.7. The number of hydrogen-bond donors (Lipinski definition) is 3. The highest BCUT2D eigenvalue weighted by molar-refractivity contribution is 5.93. The molecule has 1 aromatic rings. The number of guanidine groups is 1. The standard InChI is InChI=1S/C17H26N4O2/c1-23-15-10-6-5-9-14(15)21-17(18)19-12-11-16(22)20-13-7-3-2-4-8-13/h5-6,9-10,13H,2-4,7-8,11-12H2,1H3,(H,20,22)(H3,18,19,21). The fraction of sp³-hybridized carbons (Fsp3) is 0.529. The molecule has 0 bridgehead atoms. The molecule has 0 aromatic heterocycles. The van der Waals surface area contributed by atoms with Crippen LogP contribution in [0.25, 0.3) is 0 Å². The van der Waals surface area contributed by atoms with E-state index in [1.54, 1.807) is 7.11 Å². The minimum absolute atomic E-state index is 0.0470. The molecule has 0 unspecified atom stereocenters. The number of carbonyl (C=O) groups is 1. The molecule has 1 aliphatic rings. The molecule has 0 radical (unpaired) electrons. The smallest absolute Gasteiger partial charge is 0.222 e. The molecule has 0 spiro atoms. The molecule has 0 atom stereocenters. The highest BCUT2D eigenvalue weighted by Crippen LogP contribution is 2.22. The number of anilines is 1. The molecule has 0 aliphatic heterocycles. The van der Waals surface area contributed by atoms with Crippen molar-refractivity contribution >= 4 is 17.6 Å². The third-order valence-corrected chi connectivity index (χ3v) is 3.96. The number of ether oxygens (including phenoxy) is 1. The monoisotopic (exact) mass is 318 g/mol. The first-order valence-electron chi connectivity index (χ1n) is 8.18. The molecule has 2 rings (SSSR count). The molecule has 126 valence electrons. The van der Waals surface area contributed by atoms with Crippen LogP contribution in [0.4, 0.5) is 5.69 Å². The van der Waals surface area contributed by atoms with Crippen LogP contribution in [-0.4, -0.2) is 31.6 Å². The van der Waals surface area contributed by atoms with E-state index in [0.717, 1.165) is 18.5 Å². The Morgan fingerprint density at radius 1 is 1.30 bits per heavy atom. The van der Waals surface area contributed by atoms with Gasteiger partial charge in [-0.05, 0) is 25.0 Å². The maximum atomic E-state index is 11.9. The summed E-state index contributed by atoms with van der Waals surface area (Å²) in [5.74, 6) is 1.02. The second-order valence-corrected chi connectivity index (χ2v) is 5.74. The number of para-hydroxylation sites is 2. The summed E-state index contributed by atoms with van der Waals surface area (Å²) in [7, 11) is 1.60. The molecule has 23 heavy (non-hydrogen) atoms. The molecule has 1 saturated carbocycles. The molecule has 6 heteroatoms. The van der Waals surface area contributed by atoms with Gasteiger partial charge in [-0.2, -0.15) is 0 Å². The van der Waals surface area contributed by atoms with Gasteiger partial charge in [0.15, 0.2) is 5.96 Å². The minimum Gasteiger partial charge on any atom is -0.495 e. The molecule has 1 aromatic carbocycles. The second kappa shape index (κ2) is 9.02. The number of nitrogens with one attached hydrogen (secondary N) is 2. The summed E-state index contributed by atoms with van der Waals surface area (Å²) in [5.41, 5.74) is 6.60. The second-order valence-electron chi connectivity index (χ2n) is 5.74. The first-order chi connectivity index (χ1) is 11.2. The van der Waals surface area contributed by atoms with E-state index in [1.807, 2.05) is 24.3 Å². The summed E-state index contributed by atoms with van der Waals surface area (Å²) in [6.45, 7) is 0.368. The Hall–Kier alpha value is -2.24. The van der Waals surface area contributed by atoms with Crippen molar-refractivity contribution in [3.8, 4) is 5.75 Å². The highest BCUT2D eigenvalue weighted by atomic mass is 16.5. The number of nitrogens with two attached hydrogens (primary N) is 1. The van der Waals surface area contributed by atoms with E-state index in [-0.39, 0.29) is 11.9 Å². The Labute approximate surface area is 137 Å². The van der Waals surface area contributed by atoms with Gasteiger partial charge in [-0.25, -0.2) is 0 Å². The molecule has 1 aliphatic carbocycles. The van der Waals surface area contributed by atoms with Gasteiger partial charge in [0.2, 0.25) is 5.91 Å². The quantitative estimate of drug-likeness (QED) is 0.554. The van der Waals surface area contributed by atoms with Crippen LogP contribution in [0.5, 0.6) is 5.75 Å². The van der Waals surface area contributed by atoms with Gasteiger partial charge in [0.25, 0.3) is 0 Å². The number of hydrogen-bond acceptors (Lipinski definition) is 3. The van der Waals surface area contributed by atoms with E-state index in [9.17, 15) is 4.79 Å². The first kappa shape index (κ1) is 17.1. The van der Waals surface area contributed by atoms with Crippen molar-refractivity contribution in [1.29, 1.82) is 0 Å². The van der Waals surface area contributed by atoms with E-state index in [2.05, 4.69) is 15.6 Å². The summed E-state index contributed by atoms with van der Waals surface area (Å²) in [4.78, 5) is 16.1. The molecule has 4 N–H and O–H groups in total. The van der Waals surface area contributed by atoms with Crippen molar-refractivity contribution in [1.82, 2.24) is 5.32 Å². The predicted octanol–water partition coefficient (Wildman–Crippen LogP) is 2.26. The average Bonchev–Trinajstić information content (AvgIpc) is 2.56. The lowest BCUT2D eigenvalue weighted by molar-refractivity contribution is -0.121. The van der Waals surface area contributed by atoms with Crippen LogP contribution in [0.1, 0.15) is 38.5 Å². The van der Waals surface area contributed by atoms with Gasteiger partial charge in [0.05, 0.1) is 19.3 Å². The van der Waals surface area contributed by atoms with E-state index in [1.165, 1.54) is 19.3 Å². The largest absolute Gasteiger partial charge is 0.495 e. The Bertz CT molecular complexity index is 539. The topological polar surface area (TPSA) is 88.7 Å². The Balaban J connectivity index is 1.74. The Morgan fingerprint density at radius 3 is 2.78 bits per heavy atom. The van der Waals surface area contributed by atoms with Crippen molar-refractivity contribution in [2.24, 2.45) is 10.7 Å². The van der Waals surface area contributed by atoms with E-state index in [4.69, 9.17) is 10.5 Å². The Morgan fingerprint density at radius 2 is 2.04 bits per heavy atom. The summed E-state index contributed by atoms with van der Waals surface area (Å²) in [6, 6.07) is 7.80. The lowest BCUT2D eigenvalue weighted by Gasteiger charge is -2.22. The Kier molecular flexibility index (Phi) is 6.72. The van der Waals surface area contributed by atoms with E-state index >= 15 is 0 Å². The van der Waals surface area contributed by atoms with Crippen LogP contribution in [0.15, 0.2) is 29.3 Å². The van der Waals surface area contributed by atoms with Crippen LogP contribution >= 0.6 is 0 Å². The van der Waals surface area contributed by atoms with Gasteiger partial charge in [0, 0.05) is 12.5 Å². The normalized spacial score (nSPS) is 16.0. The maximum absolute atomic E-state index is 11.9. The van der Waals surface area contributed by atoms with Gasteiger partial charge >= 0.3 is 0 Å². The van der Waals surface area contributed by atoms with Crippen LogP contribution < -0.4 is 21.1 Å². The van der Waals surface area contributed by atoms with Crippen LogP contribution in [0.2, 0.25) is 0 Å². The zero-order chi connectivity index (χ0) is 16.5. The summed E-state index contributed by atoms with van der Waals surface area (Å²) in [5, 5.41) is 6.06. The molecule has 1 amide bonds. The molecular formula is C17H26N4O2. The highest BCUT2D eigenvalue weighted by Gasteiger charge is 2.15. The first-order valence-corrected chi connectivity index (χ1v) is 8.18. The summed E-state index contributed by atoms with van der Waals surface area (Å²) < 4.78 is 5.24. The number of methoxy groups -OCH3 is 1. The predicted molar refractivity (Wildman–Crippen MR) is 92.7 cm³/mol. The van der Waals surface area contributed by atoms with E-state index < -0.39 is 0 Å². The summed E-state index contributed by atoms with van der Waals surface area (Å²) in [6.07, 6.45) is 6.23. The lowest BCUT2D eigenvalue weighted by atomic mass is 9.95. The van der Waals surface area contributed by atoms with Gasteiger partial charge in [0.1, 0.15) is 5.75 Å².